The minimum Gasteiger partial charge on any atom is -0.478 e. The molecule has 4 nitrogen and oxygen atoms in total. The maximum Gasteiger partial charge on any atom is 0.335 e. The maximum absolute atomic E-state index is 10.6. The van der Waals surface area contributed by atoms with Crippen molar-refractivity contribution in [2.45, 2.75) is 0 Å². The van der Waals surface area contributed by atoms with Crippen LogP contribution >= 0.6 is 11.8 Å². The number of carbonyl (C=O) groups is 1. The van der Waals surface area contributed by atoms with Crippen molar-refractivity contribution in [1.29, 1.82) is 0 Å². The van der Waals surface area contributed by atoms with Gasteiger partial charge in [-0.1, -0.05) is 0 Å². The minimum atomic E-state index is -0.930. The zero-order chi connectivity index (χ0) is 10.4. The summed E-state index contributed by atoms with van der Waals surface area (Å²) in [7, 11) is 0. The van der Waals surface area contributed by atoms with Gasteiger partial charge < -0.3 is 10.4 Å². The number of aromatic carboxylic acids is 1. The Kier molecular flexibility index (Phi) is 4.25. The van der Waals surface area contributed by atoms with Crippen LogP contribution in [0.5, 0.6) is 0 Å². The maximum atomic E-state index is 10.6. The number of anilines is 1. The Morgan fingerprint density at radius 2 is 2.50 bits per heavy atom. The number of nitrogens with one attached hydrogen (secondary N) is 1. The molecule has 0 atom stereocenters. The predicted octanol–water partition coefficient (Wildman–Crippen LogP) is 1.55. The van der Waals surface area contributed by atoms with Crippen LogP contribution in [0.1, 0.15) is 10.4 Å². The number of pyridine rings is 1. The Bertz CT molecular complexity index is 317. The van der Waals surface area contributed by atoms with E-state index >= 15 is 0 Å². The van der Waals surface area contributed by atoms with Gasteiger partial charge in [-0.2, -0.15) is 11.8 Å². The first kappa shape index (κ1) is 10.8. The van der Waals surface area contributed by atoms with Crippen molar-refractivity contribution in [1.82, 2.24) is 4.98 Å². The fourth-order valence-corrected chi connectivity index (χ4v) is 1.25. The number of aromatic nitrogens is 1. The molecule has 0 aromatic carbocycles. The normalized spacial score (nSPS) is 9.79. The lowest BCUT2D eigenvalue weighted by atomic mass is 10.2. The van der Waals surface area contributed by atoms with Crippen LogP contribution in [-0.4, -0.2) is 34.6 Å². The van der Waals surface area contributed by atoms with E-state index in [0.717, 1.165) is 12.3 Å². The van der Waals surface area contributed by atoms with Gasteiger partial charge in [-0.05, 0) is 18.4 Å². The minimum absolute atomic E-state index is 0.256. The zero-order valence-corrected chi connectivity index (χ0v) is 8.67. The van der Waals surface area contributed by atoms with Crippen molar-refractivity contribution >= 4 is 23.5 Å². The molecule has 0 radical (unpaired) electrons. The Balaban J connectivity index is 2.59. The summed E-state index contributed by atoms with van der Waals surface area (Å²) in [5.74, 6) is 0.651. The van der Waals surface area contributed by atoms with Gasteiger partial charge in [-0.15, -0.1) is 0 Å². The summed E-state index contributed by atoms with van der Waals surface area (Å²) in [4.78, 5) is 14.6. The number of carboxylic acid groups (broad SMARTS) is 1. The zero-order valence-electron chi connectivity index (χ0n) is 7.86. The van der Waals surface area contributed by atoms with Crippen molar-refractivity contribution in [2.75, 3.05) is 23.9 Å². The Hall–Kier alpha value is -1.23. The summed E-state index contributed by atoms with van der Waals surface area (Å²) in [6.07, 6.45) is 3.51. The van der Waals surface area contributed by atoms with Gasteiger partial charge in [0.05, 0.1) is 5.56 Å². The third-order valence-corrected chi connectivity index (χ3v) is 2.23. The third kappa shape index (κ3) is 3.26. The highest BCUT2D eigenvalue weighted by atomic mass is 32.2. The number of hydrogen-bond donors (Lipinski definition) is 2. The molecule has 0 bridgehead atoms. The second-order valence-electron chi connectivity index (χ2n) is 2.65. The molecule has 1 aromatic heterocycles. The number of thioether (sulfide) groups is 1. The molecule has 2 N–H and O–H groups in total. The third-order valence-electron chi connectivity index (χ3n) is 1.62. The molecule has 0 unspecified atom stereocenters. The van der Waals surface area contributed by atoms with Crippen molar-refractivity contribution in [3.05, 3.63) is 23.9 Å². The van der Waals surface area contributed by atoms with Crippen LogP contribution in [0.2, 0.25) is 0 Å². The monoisotopic (exact) mass is 212 g/mol. The molecular weight excluding hydrogens is 200 g/mol. The van der Waals surface area contributed by atoms with Gasteiger partial charge in [0, 0.05) is 18.5 Å². The first-order chi connectivity index (χ1) is 6.74. The lowest BCUT2D eigenvalue weighted by Crippen LogP contribution is -2.06. The molecule has 1 heterocycles. The lowest BCUT2D eigenvalue weighted by Gasteiger charge is -2.04. The van der Waals surface area contributed by atoms with Gasteiger partial charge in [0.2, 0.25) is 0 Å². The molecule has 0 fully saturated rings. The Morgan fingerprint density at radius 1 is 1.71 bits per heavy atom. The van der Waals surface area contributed by atoms with Crippen LogP contribution in [0.25, 0.3) is 0 Å². The Morgan fingerprint density at radius 3 is 3.14 bits per heavy atom. The number of hydrogen-bond acceptors (Lipinski definition) is 4. The van der Waals surface area contributed by atoms with Crippen molar-refractivity contribution < 1.29 is 9.90 Å². The molecular formula is C9H12N2O2S. The molecule has 0 aliphatic rings. The molecule has 76 valence electrons. The summed E-state index contributed by atoms with van der Waals surface area (Å²) in [6, 6.07) is 3.00. The Labute approximate surface area is 86.7 Å². The largest absolute Gasteiger partial charge is 0.478 e. The van der Waals surface area contributed by atoms with Gasteiger partial charge in [0.1, 0.15) is 5.82 Å². The molecule has 14 heavy (non-hydrogen) atoms. The molecule has 0 aliphatic heterocycles. The van der Waals surface area contributed by atoms with Crippen molar-refractivity contribution in [3.63, 3.8) is 0 Å². The van der Waals surface area contributed by atoms with E-state index in [9.17, 15) is 4.79 Å². The van der Waals surface area contributed by atoms with E-state index in [1.165, 1.54) is 18.3 Å². The average Bonchev–Trinajstić information content (AvgIpc) is 2.19. The molecule has 5 heteroatoms. The topological polar surface area (TPSA) is 62.2 Å². The van der Waals surface area contributed by atoms with Crippen molar-refractivity contribution in [2.24, 2.45) is 0 Å². The van der Waals surface area contributed by atoms with E-state index in [0.29, 0.717) is 5.82 Å². The van der Waals surface area contributed by atoms with E-state index in [2.05, 4.69) is 10.3 Å². The van der Waals surface area contributed by atoms with Crippen molar-refractivity contribution in [3.8, 4) is 0 Å². The van der Waals surface area contributed by atoms with Crippen LogP contribution in [0.3, 0.4) is 0 Å². The summed E-state index contributed by atoms with van der Waals surface area (Å²) < 4.78 is 0. The van der Waals surface area contributed by atoms with E-state index in [-0.39, 0.29) is 5.56 Å². The van der Waals surface area contributed by atoms with Gasteiger partial charge in [0.15, 0.2) is 0 Å². The highest BCUT2D eigenvalue weighted by Crippen LogP contribution is 2.06. The van der Waals surface area contributed by atoms with E-state index in [1.807, 2.05) is 6.26 Å². The molecule has 0 saturated heterocycles. The first-order valence-corrected chi connectivity index (χ1v) is 5.55. The van der Waals surface area contributed by atoms with Crippen LogP contribution in [0, 0.1) is 0 Å². The predicted molar refractivity (Wildman–Crippen MR) is 58.1 cm³/mol. The van der Waals surface area contributed by atoms with E-state index in [1.54, 1.807) is 11.8 Å². The van der Waals surface area contributed by atoms with Crippen LogP contribution in [0.4, 0.5) is 5.82 Å². The second-order valence-corrected chi connectivity index (χ2v) is 3.64. The van der Waals surface area contributed by atoms with Gasteiger partial charge >= 0.3 is 5.97 Å². The smallest absolute Gasteiger partial charge is 0.335 e. The summed E-state index contributed by atoms with van der Waals surface area (Å²) in [6.45, 7) is 0.789. The average molecular weight is 212 g/mol. The number of carboxylic acids is 1. The van der Waals surface area contributed by atoms with Crippen LogP contribution in [-0.2, 0) is 0 Å². The fraction of sp³-hybridized carbons (Fsp3) is 0.333. The quantitative estimate of drug-likeness (QED) is 0.725. The van der Waals surface area contributed by atoms with Gasteiger partial charge in [-0.3, -0.25) is 0 Å². The number of nitrogens with zero attached hydrogens (tertiary/aromatic N) is 1. The molecule has 1 aromatic rings. The SMILES string of the molecule is CSCCNc1cc(C(=O)O)ccn1. The lowest BCUT2D eigenvalue weighted by molar-refractivity contribution is 0.0697. The van der Waals surface area contributed by atoms with E-state index < -0.39 is 5.97 Å². The molecule has 0 saturated carbocycles. The molecule has 0 spiro atoms. The summed E-state index contributed by atoms with van der Waals surface area (Å²) >= 11 is 1.72. The molecule has 0 aliphatic carbocycles. The first-order valence-electron chi connectivity index (χ1n) is 4.16. The van der Waals surface area contributed by atoms with E-state index in [4.69, 9.17) is 5.11 Å². The van der Waals surface area contributed by atoms with Crippen LogP contribution in [0.15, 0.2) is 18.3 Å². The highest BCUT2D eigenvalue weighted by molar-refractivity contribution is 7.98. The van der Waals surface area contributed by atoms with Crippen LogP contribution < -0.4 is 5.32 Å². The van der Waals surface area contributed by atoms with Gasteiger partial charge in [0.25, 0.3) is 0 Å². The molecule has 0 amide bonds. The standard InChI is InChI=1S/C9H12N2O2S/c1-14-5-4-11-8-6-7(9(12)13)2-3-10-8/h2-3,6H,4-5H2,1H3,(H,10,11)(H,12,13). The van der Waals surface area contributed by atoms with Gasteiger partial charge in [-0.25, -0.2) is 9.78 Å². The summed E-state index contributed by atoms with van der Waals surface area (Å²) in [5, 5.41) is 11.8. The molecule has 1 rings (SSSR count). The summed E-state index contributed by atoms with van der Waals surface area (Å²) in [5.41, 5.74) is 0.256. The second kappa shape index (κ2) is 5.49. The fourth-order valence-electron chi connectivity index (χ4n) is 0.941. The number of rotatable bonds is 5. The highest BCUT2D eigenvalue weighted by Gasteiger charge is 2.02.